The number of hydrogen-bond donors (Lipinski definition) is 2. The van der Waals surface area contributed by atoms with Crippen molar-refractivity contribution in [3.05, 3.63) is 0 Å². The Morgan fingerprint density at radius 1 is 0.500 bits per heavy atom. The van der Waals surface area contributed by atoms with E-state index in [9.17, 15) is 79.8 Å². The molecule has 0 radical (unpaired) electrons. The minimum absolute atomic E-state index is 0.992. The minimum atomic E-state index is -8.69. The van der Waals surface area contributed by atoms with Crippen LogP contribution in [0.2, 0.25) is 0 Å². The van der Waals surface area contributed by atoms with Gasteiger partial charge in [0.25, 0.3) is 0 Å². The van der Waals surface area contributed by atoms with Crippen LogP contribution in [0.15, 0.2) is 0 Å². The van der Waals surface area contributed by atoms with Crippen molar-refractivity contribution in [1.29, 1.82) is 0 Å². The second-order valence-electron chi connectivity index (χ2n) is 6.63. The Balaban J connectivity index is 6.49. The van der Waals surface area contributed by atoms with Crippen molar-refractivity contribution in [1.82, 2.24) is 0 Å². The van der Waals surface area contributed by atoms with Gasteiger partial charge in [-0.1, -0.05) is 0 Å². The summed E-state index contributed by atoms with van der Waals surface area (Å²) in [4.78, 5) is 20.1. The highest BCUT2D eigenvalue weighted by Crippen LogP contribution is 2.64. The summed E-state index contributed by atoms with van der Waals surface area (Å²) in [5, 5.41) is 15.9. The Morgan fingerprint density at radius 3 is 1.15 bits per heavy atom. The molecule has 34 heavy (non-hydrogen) atoms. The van der Waals surface area contributed by atoms with Crippen molar-refractivity contribution in [3.8, 4) is 0 Å². The van der Waals surface area contributed by atoms with Crippen LogP contribution in [0.4, 0.5) is 70.2 Å². The molecule has 0 aromatic carbocycles. The topological polar surface area (TPSA) is 74.6 Å². The van der Waals surface area contributed by atoms with Crippen molar-refractivity contribution >= 4 is 11.9 Å². The van der Waals surface area contributed by atoms with Gasteiger partial charge in [-0.05, 0) is 12.8 Å². The Hall–Kier alpha value is -2.18. The average molecular weight is 546 g/mol. The van der Waals surface area contributed by atoms with Gasteiger partial charge >= 0.3 is 59.3 Å². The average Bonchev–Trinajstić information content (AvgIpc) is 2.63. The molecule has 0 aliphatic carbocycles. The van der Waals surface area contributed by atoms with E-state index in [4.69, 9.17) is 10.2 Å². The van der Waals surface area contributed by atoms with Crippen LogP contribution in [0, 0.1) is 0 Å². The molecule has 0 unspecified atom stereocenters. The lowest BCUT2D eigenvalue weighted by Gasteiger charge is -2.43. The van der Waals surface area contributed by atoms with E-state index in [1.807, 2.05) is 0 Å². The number of unbranched alkanes of at least 4 members (excludes halogenated alkanes) is 1. The zero-order chi connectivity index (χ0) is 28.0. The van der Waals surface area contributed by atoms with Gasteiger partial charge in [-0.15, -0.1) is 0 Å². The number of carboxylic acid groups (broad SMARTS) is 2. The normalized spacial score (nSPS) is 15.4. The number of carboxylic acids is 2. The molecule has 0 fully saturated rings. The van der Waals surface area contributed by atoms with Gasteiger partial charge < -0.3 is 10.2 Å². The molecule has 0 aromatic heterocycles. The van der Waals surface area contributed by atoms with Crippen molar-refractivity contribution < 1.29 is 90.0 Å². The molecule has 0 atom stereocenters. The van der Waals surface area contributed by atoms with Crippen molar-refractivity contribution in [2.45, 2.75) is 73.1 Å². The zero-order valence-electron chi connectivity index (χ0n) is 15.6. The van der Waals surface area contributed by atoms with Crippen LogP contribution < -0.4 is 0 Å². The highest BCUT2D eigenvalue weighted by atomic mass is 19.4. The summed E-state index contributed by atoms with van der Waals surface area (Å²) in [6, 6.07) is 0. The molecule has 202 valence electrons. The highest BCUT2D eigenvalue weighted by molar-refractivity contribution is 5.77. The second kappa shape index (κ2) is 8.80. The number of halogens is 16. The predicted molar refractivity (Wildman–Crippen MR) is 73.3 cm³/mol. The SMILES string of the molecule is O=C(O)CCCCC(F)(F)C(F)(F)C(F)(F)C(F)(F)C(F)(F)C(F)(F)C(F)(F)C(F)(F)C(=O)O. The molecule has 4 nitrogen and oxygen atoms in total. The van der Waals surface area contributed by atoms with E-state index in [0.717, 1.165) is 0 Å². The maximum atomic E-state index is 13.5. The molecule has 0 heterocycles. The lowest BCUT2D eigenvalue weighted by molar-refractivity contribution is -0.451. The van der Waals surface area contributed by atoms with Gasteiger partial charge in [0.15, 0.2) is 0 Å². The monoisotopic (exact) mass is 546 g/mol. The Morgan fingerprint density at radius 2 is 0.824 bits per heavy atom. The van der Waals surface area contributed by atoms with E-state index in [0.29, 0.717) is 0 Å². The van der Waals surface area contributed by atoms with E-state index in [-0.39, 0.29) is 0 Å². The molecule has 0 bridgehead atoms. The predicted octanol–water partition coefficient (Wildman–Crippen LogP) is 5.80. The van der Waals surface area contributed by atoms with E-state index in [2.05, 4.69) is 0 Å². The molecule has 0 spiro atoms. The van der Waals surface area contributed by atoms with Gasteiger partial charge in [0.2, 0.25) is 0 Å². The van der Waals surface area contributed by atoms with Crippen molar-refractivity contribution in [3.63, 3.8) is 0 Å². The van der Waals surface area contributed by atoms with Crippen molar-refractivity contribution in [2.75, 3.05) is 0 Å². The summed E-state index contributed by atoms with van der Waals surface area (Å²) in [6.45, 7) is 0. The fraction of sp³-hybridized carbons (Fsp3) is 0.857. The summed E-state index contributed by atoms with van der Waals surface area (Å²) in [5.74, 6) is -70.1. The molecule has 0 aliphatic rings. The zero-order valence-corrected chi connectivity index (χ0v) is 15.6. The van der Waals surface area contributed by atoms with Gasteiger partial charge in [0, 0.05) is 12.8 Å². The molecule has 2 N–H and O–H groups in total. The van der Waals surface area contributed by atoms with Gasteiger partial charge in [-0.25, -0.2) is 4.79 Å². The van der Waals surface area contributed by atoms with E-state index < -0.39 is 85.0 Å². The fourth-order valence-corrected chi connectivity index (χ4v) is 2.13. The maximum absolute atomic E-state index is 13.5. The number of rotatable bonds is 13. The molecule has 0 saturated carbocycles. The number of alkyl halides is 16. The molecule has 0 aliphatic heterocycles. The summed E-state index contributed by atoms with van der Waals surface area (Å²) in [6.07, 6.45) is -6.15. The third-order valence-corrected chi connectivity index (χ3v) is 4.23. The van der Waals surface area contributed by atoms with Crippen LogP contribution >= 0.6 is 0 Å². The molecular weight excluding hydrogens is 536 g/mol. The number of hydrogen-bond acceptors (Lipinski definition) is 2. The minimum Gasteiger partial charge on any atom is -0.481 e. The lowest BCUT2D eigenvalue weighted by Crippen LogP contribution is -2.75. The summed E-state index contributed by atoms with van der Waals surface area (Å²) in [7, 11) is 0. The van der Waals surface area contributed by atoms with Crippen LogP contribution in [0.1, 0.15) is 25.7 Å². The second-order valence-corrected chi connectivity index (χ2v) is 6.63. The molecule has 0 rings (SSSR count). The Kier molecular flexibility index (Phi) is 8.23. The van der Waals surface area contributed by atoms with Crippen LogP contribution in [0.5, 0.6) is 0 Å². The highest BCUT2D eigenvalue weighted by Gasteiger charge is 2.95. The fourth-order valence-electron chi connectivity index (χ4n) is 2.13. The molecular formula is C14H10F16O4. The first-order chi connectivity index (χ1) is 14.6. The molecule has 0 aromatic rings. The molecule has 0 amide bonds. The van der Waals surface area contributed by atoms with Crippen LogP contribution in [0.25, 0.3) is 0 Å². The molecule has 20 heteroatoms. The smallest absolute Gasteiger partial charge is 0.410 e. The summed E-state index contributed by atoms with van der Waals surface area (Å²) >= 11 is 0. The lowest BCUT2D eigenvalue weighted by atomic mass is 9.86. The van der Waals surface area contributed by atoms with Gasteiger partial charge in [-0.3, -0.25) is 4.79 Å². The first-order valence-corrected chi connectivity index (χ1v) is 8.09. The summed E-state index contributed by atoms with van der Waals surface area (Å²) in [5.41, 5.74) is 0. The van der Waals surface area contributed by atoms with Gasteiger partial charge in [0.1, 0.15) is 0 Å². The van der Waals surface area contributed by atoms with Crippen LogP contribution in [-0.4, -0.2) is 69.5 Å². The standard InChI is InChI=1S/C14H10F16O4/c15-7(16,4-2-1-3-5(31)32)9(19,20)11(23,24)13(27,28)14(29,30)12(25,26)10(21,22)8(17,18)6(33)34/h1-4H2,(H,31,32)(H,33,34). The Labute approximate surface area is 176 Å². The van der Waals surface area contributed by atoms with Crippen molar-refractivity contribution in [2.24, 2.45) is 0 Å². The largest absolute Gasteiger partial charge is 0.481 e. The third kappa shape index (κ3) is 4.42. The first kappa shape index (κ1) is 31.8. The summed E-state index contributed by atoms with van der Waals surface area (Å²) < 4.78 is 214. The third-order valence-electron chi connectivity index (χ3n) is 4.23. The van der Waals surface area contributed by atoms with E-state index in [1.165, 1.54) is 0 Å². The first-order valence-electron chi connectivity index (χ1n) is 8.09. The number of aliphatic carboxylic acids is 2. The molecule has 0 saturated heterocycles. The van der Waals surface area contributed by atoms with Crippen LogP contribution in [0.3, 0.4) is 0 Å². The van der Waals surface area contributed by atoms with Crippen LogP contribution in [-0.2, 0) is 9.59 Å². The van der Waals surface area contributed by atoms with Gasteiger partial charge in [-0.2, -0.15) is 70.2 Å². The van der Waals surface area contributed by atoms with E-state index in [1.54, 1.807) is 0 Å². The van der Waals surface area contributed by atoms with Gasteiger partial charge in [0.05, 0.1) is 0 Å². The van der Waals surface area contributed by atoms with E-state index >= 15 is 0 Å². The Bertz CT molecular complexity index is 776. The quantitative estimate of drug-likeness (QED) is 0.226. The number of carbonyl (C=O) groups is 2. The maximum Gasteiger partial charge on any atom is 0.410 e.